The SMILES string of the molecule is COc1ccc(F)c(-c2c(F)ccc3c(N)c4c(nc23)CN(C2CC2)C4=O)c1. The van der Waals surface area contributed by atoms with Gasteiger partial charge in [0.1, 0.15) is 17.4 Å². The molecule has 5 nitrogen and oxygen atoms in total. The van der Waals surface area contributed by atoms with Crippen molar-refractivity contribution in [1.82, 2.24) is 9.88 Å². The number of methoxy groups -OCH3 is 1. The van der Waals surface area contributed by atoms with Gasteiger partial charge in [-0.1, -0.05) is 0 Å². The van der Waals surface area contributed by atoms with Gasteiger partial charge in [-0.15, -0.1) is 0 Å². The van der Waals surface area contributed by atoms with E-state index in [1.54, 1.807) is 4.90 Å². The number of amides is 1. The van der Waals surface area contributed by atoms with E-state index in [-0.39, 0.29) is 34.3 Å². The lowest BCUT2D eigenvalue weighted by Crippen LogP contribution is -2.26. The summed E-state index contributed by atoms with van der Waals surface area (Å²) < 4.78 is 34.6. The Bertz CT molecular complexity index is 1160. The molecule has 1 aliphatic heterocycles. The second-order valence-corrected chi connectivity index (χ2v) is 7.18. The molecule has 3 aromatic rings. The number of anilines is 1. The lowest BCUT2D eigenvalue weighted by molar-refractivity contribution is 0.0767. The fraction of sp³-hybridized carbons (Fsp3) is 0.238. The van der Waals surface area contributed by atoms with Gasteiger partial charge in [-0.2, -0.15) is 0 Å². The fourth-order valence-corrected chi connectivity index (χ4v) is 3.87. The minimum atomic E-state index is -0.616. The van der Waals surface area contributed by atoms with Gasteiger partial charge in [0.25, 0.3) is 5.91 Å². The first-order valence-electron chi connectivity index (χ1n) is 9.05. The zero-order chi connectivity index (χ0) is 19.6. The molecule has 28 heavy (non-hydrogen) atoms. The zero-order valence-corrected chi connectivity index (χ0v) is 15.1. The van der Waals surface area contributed by atoms with Crippen LogP contribution in [-0.2, 0) is 6.54 Å². The number of nitrogens with two attached hydrogens (primary N) is 1. The van der Waals surface area contributed by atoms with Gasteiger partial charge in [0, 0.05) is 22.6 Å². The number of benzene rings is 2. The summed E-state index contributed by atoms with van der Waals surface area (Å²) in [4.78, 5) is 19.1. The van der Waals surface area contributed by atoms with Crippen molar-refractivity contribution in [1.29, 1.82) is 0 Å². The average molecular weight is 381 g/mol. The maximum atomic E-state index is 14.8. The van der Waals surface area contributed by atoms with Crippen LogP contribution in [0.2, 0.25) is 0 Å². The van der Waals surface area contributed by atoms with Crippen molar-refractivity contribution in [3.8, 4) is 16.9 Å². The van der Waals surface area contributed by atoms with Gasteiger partial charge in [-0.25, -0.2) is 13.8 Å². The molecule has 1 aromatic heterocycles. The summed E-state index contributed by atoms with van der Waals surface area (Å²) in [6.07, 6.45) is 1.93. The normalized spacial score (nSPS) is 16.0. The minimum Gasteiger partial charge on any atom is -0.497 e. The maximum Gasteiger partial charge on any atom is 0.258 e. The molecule has 0 saturated heterocycles. The Kier molecular flexibility index (Phi) is 3.56. The maximum absolute atomic E-state index is 14.8. The number of aromatic nitrogens is 1. The summed E-state index contributed by atoms with van der Waals surface area (Å²) in [6.45, 7) is 0.343. The number of carbonyl (C=O) groups excluding carboxylic acids is 1. The summed E-state index contributed by atoms with van der Waals surface area (Å²) >= 11 is 0. The number of pyridine rings is 1. The first-order valence-corrected chi connectivity index (χ1v) is 9.05. The first kappa shape index (κ1) is 16.9. The number of hydrogen-bond donors (Lipinski definition) is 1. The third-order valence-electron chi connectivity index (χ3n) is 5.45. The number of fused-ring (bicyclic) bond motifs is 2. The van der Waals surface area contributed by atoms with Gasteiger partial charge in [0.05, 0.1) is 36.1 Å². The number of rotatable bonds is 3. The van der Waals surface area contributed by atoms with Gasteiger partial charge in [0.15, 0.2) is 0 Å². The van der Waals surface area contributed by atoms with Crippen LogP contribution in [0.3, 0.4) is 0 Å². The highest BCUT2D eigenvalue weighted by atomic mass is 19.1. The topological polar surface area (TPSA) is 68.5 Å². The molecule has 5 rings (SSSR count). The summed E-state index contributed by atoms with van der Waals surface area (Å²) in [5.74, 6) is -0.946. The Balaban J connectivity index is 1.78. The molecule has 1 fully saturated rings. The number of hydrogen-bond acceptors (Lipinski definition) is 4. The monoisotopic (exact) mass is 381 g/mol. The smallest absolute Gasteiger partial charge is 0.258 e. The summed E-state index contributed by atoms with van der Waals surface area (Å²) in [5.41, 5.74) is 7.76. The van der Waals surface area contributed by atoms with E-state index in [0.29, 0.717) is 28.9 Å². The van der Waals surface area contributed by atoms with Crippen LogP contribution in [0.1, 0.15) is 28.9 Å². The Morgan fingerprint density at radius 2 is 1.89 bits per heavy atom. The molecule has 1 amide bonds. The van der Waals surface area contributed by atoms with E-state index in [0.717, 1.165) is 12.8 Å². The standard InChI is InChI=1S/C21H17F2N3O2/c1-28-11-4-6-14(22)13(8-11)17-15(23)7-5-12-19(24)18-16(25-20(12)17)9-26(21(18)27)10-2-3-10/h4-8,10H,2-3,9H2,1H3,(H2,24,25). The van der Waals surface area contributed by atoms with Gasteiger partial charge in [-0.05, 0) is 43.2 Å². The van der Waals surface area contributed by atoms with E-state index < -0.39 is 11.6 Å². The van der Waals surface area contributed by atoms with Crippen LogP contribution in [0.5, 0.6) is 5.75 Å². The van der Waals surface area contributed by atoms with Crippen molar-refractivity contribution in [3.05, 3.63) is 53.2 Å². The molecule has 0 bridgehead atoms. The Morgan fingerprint density at radius 1 is 1.14 bits per heavy atom. The van der Waals surface area contributed by atoms with Crippen LogP contribution in [0.4, 0.5) is 14.5 Å². The Labute approximate surface area is 159 Å². The van der Waals surface area contributed by atoms with Crippen molar-refractivity contribution in [2.45, 2.75) is 25.4 Å². The third-order valence-corrected chi connectivity index (χ3v) is 5.45. The largest absolute Gasteiger partial charge is 0.497 e. The molecule has 0 unspecified atom stereocenters. The molecule has 2 heterocycles. The highest BCUT2D eigenvalue weighted by Crippen LogP contribution is 2.41. The second-order valence-electron chi connectivity index (χ2n) is 7.18. The van der Waals surface area contributed by atoms with Gasteiger partial charge >= 0.3 is 0 Å². The van der Waals surface area contributed by atoms with Crippen molar-refractivity contribution in [2.24, 2.45) is 0 Å². The van der Waals surface area contributed by atoms with E-state index in [1.807, 2.05) is 0 Å². The van der Waals surface area contributed by atoms with Crippen LogP contribution in [-0.4, -0.2) is 28.9 Å². The quantitative estimate of drug-likeness (QED) is 0.747. The van der Waals surface area contributed by atoms with Crippen LogP contribution >= 0.6 is 0 Å². The van der Waals surface area contributed by atoms with Gasteiger partial charge in [0.2, 0.25) is 0 Å². The highest BCUT2D eigenvalue weighted by Gasteiger charge is 2.40. The average Bonchev–Trinajstić information content (AvgIpc) is 3.46. The molecular formula is C21H17F2N3O2. The minimum absolute atomic E-state index is 0.0146. The third kappa shape index (κ3) is 2.35. The molecule has 0 radical (unpaired) electrons. The predicted molar refractivity (Wildman–Crippen MR) is 101 cm³/mol. The van der Waals surface area contributed by atoms with E-state index in [4.69, 9.17) is 10.5 Å². The fourth-order valence-electron chi connectivity index (χ4n) is 3.87. The zero-order valence-electron chi connectivity index (χ0n) is 15.1. The van der Waals surface area contributed by atoms with Crippen molar-refractivity contribution in [3.63, 3.8) is 0 Å². The molecule has 0 atom stereocenters. The van der Waals surface area contributed by atoms with Gasteiger partial charge < -0.3 is 15.4 Å². The Morgan fingerprint density at radius 3 is 2.61 bits per heavy atom. The second kappa shape index (κ2) is 5.89. The molecular weight excluding hydrogens is 364 g/mol. The molecule has 1 aliphatic carbocycles. The molecule has 2 aromatic carbocycles. The van der Waals surface area contributed by atoms with E-state index in [1.165, 1.54) is 37.4 Å². The van der Waals surface area contributed by atoms with Crippen LogP contribution in [0.25, 0.3) is 22.0 Å². The molecule has 7 heteroatoms. The van der Waals surface area contributed by atoms with E-state index in [9.17, 15) is 13.6 Å². The highest BCUT2D eigenvalue weighted by molar-refractivity contribution is 6.11. The van der Waals surface area contributed by atoms with Crippen LogP contribution in [0.15, 0.2) is 30.3 Å². The number of carbonyl (C=O) groups is 1. The molecule has 0 spiro atoms. The summed E-state index contributed by atoms with van der Waals surface area (Å²) in [6, 6.07) is 7.05. The Hall–Kier alpha value is -3.22. The number of nitrogen functional groups attached to an aromatic ring is 1. The molecule has 2 aliphatic rings. The summed E-state index contributed by atoms with van der Waals surface area (Å²) in [7, 11) is 1.46. The lowest BCUT2D eigenvalue weighted by Gasteiger charge is -2.13. The molecule has 1 saturated carbocycles. The van der Waals surface area contributed by atoms with Crippen LogP contribution < -0.4 is 10.5 Å². The van der Waals surface area contributed by atoms with E-state index in [2.05, 4.69) is 4.98 Å². The number of halogens is 2. The number of ether oxygens (including phenoxy) is 1. The van der Waals surface area contributed by atoms with Crippen molar-refractivity contribution < 1.29 is 18.3 Å². The van der Waals surface area contributed by atoms with Crippen molar-refractivity contribution in [2.75, 3.05) is 12.8 Å². The number of nitrogens with zero attached hydrogens (tertiary/aromatic N) is 2. The lowest BCUT2D eigenvalue weighted by atomic mass is 9.98. The predicted octanol–water partition coefficient (Wildman–Crippen LogP) is 3.89. The van der Waals surface area contributed by atoms with Crippen LogP contribution in [0, 0.1) is 11.6 Å². The summed E-state index contributed by atoms with van der Waals surface area (Å²) in [5, 5.41) is 0.434. The molecule has 2 N–H and O–H groups in total. The van der Waals surface area contributed by atoms with E-state index >= 15 is 0 Å². The first-order chi connectivity index (χ1) is 13.5. The molecule has 142 valence electrons. The van der Waals surface area contributed by atoms with Crippen molar-refractivity contribution >= 4 is 22.5 Å². The van der Waals surface area contributed by atoms with Gasteiger partial charge in [-0.3, -0.25) is 4.79 Å².